The highest BCUT2D eigenvalue weighted by Gasteiger charge is 2.22. The number of aldehydes is 1. The third-order valence-electron chi connectivity index (χ3n) is 2.16. The first-order valence-electron chi connectivity index (χ1n) is 5.78. The van der Waals surface area contributed by atoms with E-state index in [1.165, 1.54) is 0 Å². The number of nitrogens with one attached hydrogen (secondary N) is 1. The van der Waals surface area contributed by atoms with Crippen LogP contribution in [-0.4, -0.2) is 19.9 Å². The molecular weight excluding hydrogens is 276 g/mol. The summed E-state index contributed by atoms with van der Waals surface area (Å²) in [6, 6.07) is 0. The van der Waals surface area contributed by atoms with Gasteiger partial charge < -0.3 is 11.1 Å². The summed E-state index contributed by atoms with van der Waals surface area (Å²) in [5, 5.41) is 3.11. The molecule has 7 heteroatoms. The molecule has 0 saturated carbocycles. The Hall–Kier alpha value is -1.63. The SMILES string of the molecule is CNCC(C)(C)C.Nc1c(F)c(F)c(C=O)c(F)c1F. The Morgan fingerprint density at radius 3 is 1.65 bits per heavy atom. The number of hydrogen-bond donors (Lipinski definition) is 2. The summed E-state index contributed by atoms with van der Waals surface area (Å²) >= 11 is 0. The van der Waals surface area contributed by atoms with Crippen LogP contribution >= 0.6 is 0 Å². The molecule has 1 rings (SSSR count). The van der Waals surface area contributed by atoms with Gasteiger partial charge in [0.05, 0.1) is 5.56 Å². The highest BCUT2D eigenvalue weighted by atomic mass is 19.2. The molecule has 0 spiro atoms. The third kappa shape index (κ3) is 4.80. The lowest BCUT2D eigenvalue weighted by atomic mass is 9.97. The number of anilines is 1. The van der Waals surface area contributed by atoms with Crippen molar-refractivity contribution in [3.05, 3.63) is 28.8 Å². The van der Waals surface area contributed by atoms with Crippen molar-refractivity contribution >= 4 is 12.0 Å². The largest absolute Gasteiger partial charge is 0.394 e. The monoisotopic (exact) mass is 294 g/mol. The van der Waals surface area contributed by atoms with Crippen molar-refractivity contribution in [1.82, 2.24) is 5.32 Å². The minimum absolute atomic E-state index is 0.323. The lowest BCUT2D eigenvalue weighted by Crippen LogP contribution is -2.22. The summed E-state index contributed by atoms with van der Waals surface area (Å²) in [4.78, 5) is 10.0. The summed E-state index contributed by atoms with van der Waals surface area (Å²) in [7, 11) is 1.98. The number of carbonyl (C=O) groups excluding carboxylic acids is 1. The Balaban J connectivity index is 0.000000441. The third-order valence-corrected chi connectivity index (χ3v) is 2.16. The molecule has 0 heterocycles. The van der Waals surface area contributed by atoms with Gasteiger partial charge in [0.15, 0.2) is 29.6 Å². The predicted octanol–water partition coefficient (Wildman–Crippen LogP) is 2.89. The Kier molecular flexibility index (Phi) is 6.64. The summed E-state index contributed by atoms with van der Waals surface area (Å²) in [6.45, 7) is 7.73. The van der Waals surface area contributed by atoms with E-state index in [2.05, 4.69) is 31.8 Å². The molecule has 0 radical (unpaired) electrons. The van der Waals surface area contributed by atoms with E-state index in [1.807, 2.05) is 7.05 Å². The maximum absolute atomic E-state index is 12.6. The molecule has 0 amide bonds. The van der Waals surface area contributed by atoms with Crippen LogP contribution in [0.3, 0.4) is 0 Å². The van der Waals surface area contributed by atoms with Crippen LogP contribution in [0.25, 0.3) is 0 Å². The number of carbonyl (C=O) groups is 1. The second kappa shape index (κ2) is 7.23. The van der Waals surface area contributed by atoms with Gasteiger partial charge in [-0.3, -0.25) is 4.79 Å². The van der Waals surface area contributed by atoms with E-state index < -0.39 is 34.5 Å². The Labute approximate surface area is 115 Å². The summed E-state index contributed by atoms with van der Waals surface area (Å²) in [5.74, 6) is -7.10. The maximum Gasteiger partial charge on any atom is 0.185 e. The fraction of sp³-hybridized carbons (Fsp3) is 0.462. The summed E-state index contributed by atoms with van der Waals surface area (Å²) in [5.41, 5.74) is 2.52. The quantitative estimate of drug-likeness (QED) is 0.382. The van der Waals surface area contributed by atoms with E-state index in [9.17, 15) is 22.4 Å². The molecule has 0 unspecified atom stereocenters. The fourth-order valence-corrected chi connectivity index (χ4v) is 1.30. The number of benzene rings is 1. The fourth-order valence-electron chi connectivity index (χ4n) is 1.30. The first kappa shape index (κ1) is 18.4. The Morgan fingerprint density at radius 2 is 1.45 bits per heavy atom. The zero-order valence-electron chi connectivity index (χ0n) is 11.8. The van der Waals surface area contributed by atoms with Crippen molar-refractivity contribution in [3.63, 3.8) is 0 Å². The topological polar surface area (TPSA) is 55.1 Å². The highest BCUT2D eigenvalue weighted by Crippen LogP contribution is 2.24. The van der Waals surface area contributed by atoms with Gasteiger partial charge >= 0.3 is 0 Å². The molecule has 0 aliphatic carbocycles. The Bertz CT molecular complexity index is 455. The molecule has 1 aromatic carbocycles. The zero-order chi connectivity index (χ0) is 16.1. The minimum atomic E-state index is -1.79. The molecule has 0 fully saturated rings. The lowest BCUT2D eigenvalue weighted by molar-refractivity contribution is 0.111. The van der Waals surface area contributed by atoms with Gasteiger partial charge in [0.1, 0.15) is 5.69 Å². The smallest absolute Gasteiger partial charge is 0.185 e. The van der Waals surface area contributed by atoms with Crippen LogP contribution in [0.4, 0.5) is 23.2 Å². The van der Waals surface area contributed by atoms with E-state index in [0.717, 1.165) is 6.54 Å². The average molecular weight is 294 g/mol. The minimum Gasteiger partial charge on any atom is -0.394 e. The first-order valence-corrected chi connectivity index (χ1v) is 5.78. The molecule has 3 N–H and O–H groups in total. The Morgan fingerprint density at radius 1 is 1.05 bits per heavy atom. The lowest BCUT2D eigenvalue weighted by Gasteiger charge is -2.16. The van der Waals surface area contributed by atoms with E-state index in [4.69, 9.17) is 0 Å². The number of hydrogen-bond acceptors (Lipinski definition) is 3. The van der Waals surface area contributed by atoms with Gasteiger partial charge in [-0.2, -0.15) is 0 Å². The van der Waals surface area contributed by atoms with Crippen LogP contribution in [0.15, 0.2) is 0 Å². The highest BCUT2D eigenvalue weighted by molar-refractivity contribution is 5.77. The van der Waals surface area contributed by atoms with Gasteiger partial charge in [-0.25, -0.2) is 17.6 Å². The molecule has 0 aliphatic rings. The van der Waals surface area contributed by atoms with Gasteiger partial charge in [0.2, 0.25) is 0 Å². The molecule has 0 aliphatic heterocycles. The maximum atomic E-state index is 12.6. The van der Waals surface area contributed by atoms with E-state index >= 15 is 0 Å². The van der Waals surface area contributed by atoms with E-state index in [1.54, 1.807) is 0 Å². The van der Waals surface area contributed by atoms with Crippen molar-refractivity contribution in [2.24, 2.45) is 5.41 Å². The number of halogens is 4. The van der Waals surface area contributed by atoms with Gasteiger partial charge in [0.25, 0.3) is 0 Å². The second-order valence-electron chi connectivity index (χ2n) is 5.29. The molecular formula is C13H18F4N2O. The van der Waals surface area contributed by atoms with Crippen LogP contribution in [0.1, 0.15) is 31.1 Å². The average Bonchev–Trinajstić information content (AvgIpc) is 2.34. The first-order chi connectivity index (χ1) is 9.06. The van der Waals surface area contributed by atoms with Crippen molar-refractivity contribution in [2.75, 3.05) is 19.3 Å². The van der Waals surface area contributed by atoms with Crippen LogP contribution in [0, 0.1) is 28.7 Å². The van der Waals surface area contributed by atoms with Crippen LogP contribution < -0.4 is 11.1 Å². The van der Waals surface area contributed by atoms with Gasteiger partial charge in [-0.15, -0.1) is 0 Å². The van der Waals surface area contributed by atoms with Crippen molar-refractivity contribution in [3.8, 4) is 0 Å². The van der Waals surface area contributed by atoms with Gasteiger partial charge in [-0.1, -0.05) is 20.8 Å². The van der Waals surface area contributed by atoms with Gasteiger partial charge in [-0.05, 0) is 19.0 Å². The molecule has 0 bridgehead atoms. The summed E-state index contributed by atoms with van der Waals surface area (Å²) in [6.07, 6.45) is -0.323. The summed E-state index contributed by atoms with van der Waals surface area (Å²) < 4.78 is 50.3. The molecule has 0 atom stereocenters. The van der Waals surface area contributed by atoms with Gasteiger partial charge in [0, 0.05) is 0 Å². The predicted molar refractivity (Wildman–Crippen MR) is 69.5 cm³/mol. The van der Waals surface area contributed by atoms with Crippen molar-refractivity contribution in [2.45, 2.75) is 20.8 Å². The van der Waals surface area contributed by atoms with E-state index in [-0.39, 0.29) is 6.29 Å². The van der Waals surface area contributed by atoms with E-state index in [0.29, 0.717) is 5.41 Å². The molecule has 0 saturated heterocycles. The molecule has 114 valence electrons. The molecule has 3 nitrogen and oxygen atoms in total. The molecule has 20 heavy (non-hydrogen) atoms. The normalized spacial score (nSPS) is 10.8. The van der Waals surface area contributed by atoms with Crippen molar-refractivity contribution < 1.29 is 22.4 Å². The number of rotatable bonds is 2. The molecule has 1 aromatic rings. The van der Waals surface area contributed by atoms with Crippen LogP contribution in [0.2, 0.25) is 0 Å². The second-order valence-corrected chi connectivity index (χ2v) is 5.29. The number of nitrogen functional groups attached to an aromatic ring is 1. The standard InChI is InChI=1S/C7H3F4NO.C6H15N/c8-3-2(1-13)4(9)6(11)7(12)5(3)10;1-6(2,3)5-7-4/h1H,12H2;7H,5H2,1-4H3. The van der Waals surface area contributed by atoms with Crippen LogP contribution in [-0.2, 0) is 0 Å². The van der Waals surface area contributed by atoms with Crippen molar-refractivity contribution in [1.29, 1.82) is 0 Å². The zero-order valence-corrected chi connectivity index (χ0v) is 11.8. The number of nitrogens with two attached hydrogens (primary N) is 1. The van der Waals surface area contributed by atoms with Crippen LogP contribution in [0.5, 0.6) is 0 Å². The molecule has 0 aromatic heterocycles.